The van der Waals surface area contributed by atoms with Crippen LogP contribution in [0.5, 0.6) is 0 Å². The first-order chi connectivity index (χ1) is 23.6. The van der Waals surface area contributed by atoms with Gasteiger partial charge in [0.05, 0.1) is 5.97 Å². The van der Waals surface area contributed by atoms with Crippen molar-refractivity contribution in [3.05, 3.63) is 83.4 Å². The molecule has 0 spiro atoms. The molecule has 5 aliphatic heterocycles. The van der Waals surface area contributed by atoms with E-state index in [2.05, 4.69) is 0 Å². The summed E-state index contributed by atoms with van der Waals surface area (Å²) in [7, 11) is 0. The average molecular weight is 829 g/mol. The van der Waals surface area contributed by atoms with E-state index < -0.39 is 5.97 Å². The average Bonchev–Trinajstić information content (AvgIpc) is 3.98. The number of carbonyl (C=O) groups is 1. The van der Waals surface area contributed by atoms with Crippen molar-refractivity contribution in [2.45, 2.75) is 78.1 Å². The predicted octanol–water partition coefficient (Wildman–Crippen LogP) is 4.61. The normalized spacial score (nSPS) is 16.8. The zero-order valence-corrected chi connectivity index (χ0v) is 34.8. The molecule has 0 aromatic heterocycles. The molecule has 5 heterocycles. The molecule has 5 aliphatic rings. The molecule has 0 aliphatic carbocycles. The Morgan fingerprint density at radius 3 is 0.880 bits per heavy atom. The van der Waals surface area contributed by atoms with Gasteiger partial charge in [0, 0.05) is 71.6 Å². The molecule has 0 radical (unpaired) electrons. The van der Waals surface area contributed by atoms with Crippen molar-refractivity contribution in [2.24, 2.45) is 0 Å². The zero-order chi connectivity index (χ0) is 34.1. The molecular weight excluding hydrogens is 771 g/mol. The molecule has 3 aromatic rings. The SMILES string of the molecule is C1CCOC1.C1CCOC1.C1CCOC1.C1CCOC1.C1CCOC1.Cc1ccc(-c2cccc(-c3ccc(C)cc3)c2C(=O)[O-])cc1.[Ca+2].[I-]. The maximum Gasteiger partial charge on any atom is 2.00 e. The van der Waals surface area contributed by atoms with E-state index in [1.54, 1.807) is 0 Å². The van der Waals surface area contributed by atoms with Crippen molar-refractivity contribution >= 4 is 43.7 Å². The third-order valence-corrected chi connectivity index (χ3v) is 8.13. The van der Waals surface area contributed by atoms with E-state index in [0.29, 0.717) is 11.1 Å². The number of carboxylic acids is 1. The van der Waals surface area contributed by atoms with Gasteiger partial charge in [-0.05, 0) is 100 Å². The van der Waals surface area contributed by atoms with Gasteiger partial charge in [0.15, 0.2) is 0 Å². The van der Waals surface area contributed by atoms with Gasteiger partial charge < -0.3 is 57.6 Å². The Labute approximate surface area is 348 Å². The molecule has 0 N–H and O–H groups in total. The molecule has 0 atom stereocenters. The summed E-state index contributed by atoms with van der Waals surface area (Å²) < 4.78 is 24.7. The number of carboxylic acid groups (broad SMARTS) is 1. The topological polar surface area (TPSA) is 86.3 Å². The van der Waals surface area contributed by atoms with E-state index in [0.717, 1.165) is 88.3 Å². The third-order valence-electron chi connectivity index (χ3n) is 8.13. The molecule has 0 bridgehead atoms. The van der Waals surface area contributed by atoms with Crippen LogP contribution in [0.1, 0.15) is 85.7 Å². The molecule has 0 saturated carbocycles. The third kappa shape index (κ3) is 20.2. The number of halogens is 1. The van der Waals surface area contributed by atoms with E-state index in [1.807, 2.05) is 80.6 Å². The Balaban J connectivity index is 0.000000370. The quantitative estimate of drug-likeness (QED) is 0.282. The van der Waals surface area contributed by atoms with Gasteiger partial charge in [-0.2, -0.15) is 0 Å². The van der Waals surface area contributed by atoms with Crippen LogP contribution in [0.4, 0.5) is 0 Å². The summed E-state index contributed by atoms with van der Waals surface area (Å²) in [5.74, 6) is -1.16. The molecule has 7 nitrogen and oxygen atoms in total. The van der Waals surface area contributed by atoms with Crippen LogP contribution in [0.2, 0.25) is 0 Å². The van der Waals surface area contributed by atoms with Gasteiger partial charge in [0.25, 0.3) is 0 Å². The minimum atomic E-state index is -1.16. The molecule has 272 valence electrons. The van der Waals surface area contributed by atoms with E-state index >= 15 is 0 Å². The standard InChI is InChI=1S/C21H18O2.5C4H8O.Ca.HI/c1-14-6-10-16(11-7-14)18-4-3-5-19(20(18)21(22)23)17-12-8-15(2)9-13-17;5*1-2-4-5-3-1;;/h3-13H,1-2H3,(H,22,23);5*1-4H2;;1H/q;;;;;;+2;/p-2. The van der Waals surface area contributed by atoms with Gasteiger partial charge >= 0.3 is 37.7 Å². The van der Waals surface area contributed by atoms with Gasteiger partial charge in [-0.25, -0.2) is 0 Å². The van der Waals surface area contributed by atoms with Gasteiger partial charge in [-0.1, -0.05) is 77.9 Å². The van der Waals surface area contributed by atoms with Gasteiger partial charge in [-0.15, -0.1) is 0 Å². The van der Waals surface area contributed by atoms with Crippen LogP contribution in [-0.4, -0.2) is 110 Å². The second-order valence-electron chi connectivity index (χ2n) is 12.3. The molecular formula is C41H57CaIO7. The minimum absolute atomic E-state index is 0. The molecule has 3 aromatic carbocycles. The zero-order valence-electron chi connectivity index (χ0n) is 30.4. The van der Waals surface area contributed by atoms with E-state index in [4.69, 9.17) is 23.7 Å². The molecule has 8 rings (SSSR count). The number of hydrogen-bond acceptors (Lipinski definition) is 7. The first-order valence-electron chi connectivity index (χ1n) is 17.9. The maximum atomic E-state index is 11.8. The van der Waals surface area contributed by atoms with Crippen molar-refractivity contribution in [3.8, 4) is 22.3 Å². The second-order valence-corrected chi connectivity index (χ2v) is 12.3. The number of aryl methyl sites for hydroxylation is 2. The van der Waals surface area contributed by atoms with E-state index in [-0.39, 0.29) is 67.3 Å². The number of rotatable bonds is 3. The van der Waals surface area contributed by atoms with Crippen molar-refractivity contribution < 1.29 is 57.6 Å². The first-order valence-corrected chi connectivity index (χ1v) is 17.9. The van der Waals surface area contributed by atoms with Crippen molar-refractivity contribution in [3.63, 3.8) is 0 Å². The Morgan fingerprint density at radius 2 is 0.700 bits per heavy atom. The maximum absolute atomic E-state index is 11.8. The van der Waals surface area contributed by atoms with Crippen molar-refractivity contribution in [1.82, 2.24) is 0 Å². The molecule has 5 saturated heterocycles. The summed E-state index contributed by atoms with van der Waals surface area (Å²) in [5, 5.41) is 11.8. The van der Waals surface area contributed by atoms with Gasteiger partial charge in [-0.3, -0.25) is 0 Å². The Bertz CT molecular complexity index is 1090. The summed E-state index contributed by atoms with van der Waals surface area (Å²) in [6.07, 6.45) is 12.8. The predicted molar refractivity (Wildman–Crippen MR) is 197 cm³/mol. The molecule has 0 unspecified atom stereocenters. The van der Waals surface area contributed by atoms with E-state index in [9.17, 15) is 9.90 Å². The molecule has 50 heavy (non-hydrogen) atoms. The summed E-state index contributed by atoms with van der Waals surface area (Å²) >= 11 is 0. The van der Waals surface area contributed by atoms with Gasteiger partial charge in [0.2, 0.25) is 0 Å². The largest absolute Gasteiger partial charge is 2.00 e. The Hall–Kier alpha value is -1.08. The van der Waals surface area contributed by atoms with Crippen LogP contribution in [0.3, 0.4) is 0 Å². The molecule has 5 fully saturated rings. The van der Waals surface area contributed by atoms with Crippen LogP contribution >= 0.6 is 0 Å². The summed E-state index contributed by atoms with van der Waals surface area (Å²) in [6.45, 7) is 14.0. The molecule has 9 heteroatoms. The number of benzene rings is 3. The Kier molecular flexibility index (Phi) is 28.5. The van der Waals surface area contributed by atoms with Crippen LogP contribution in [0.25, 0.3) is 22.3 Å². The Morgan fingerprint density at radius 1 is 0.460 bits per heavy atom. The summed E-state index contributed by atoms with van der Waals surface area (Å²) in [5.41, 5.74) is 5.63. The fourth-order valence-electron chi connectivity index (χ4n) is 5.27. The van der Waals surface area contributed by atoms with Crippen LogP contribution in [0, 0.1) is 13.8 Å². The van der Waals surface area contributed by atoms with Crippen LogP contribution < -0.4 is 29.1 Å². The fourth-order valence-corrected chi connectivity index (χ4v) is 5.27. The first kappa shape index (κ1) is 46.9. The number of hydrogen-bond donors (Lipinski definition) is 0. The summed E-state index contributed by atoms with van der Waals surface area (Å²) in [4.78, 5) is 11.8. The molecule has 0 amide bonds. The monoisotopic (exact) mass is 828 g/mol. The second kappa shape index (κ2) is 30.4. The minimum Gasteiger partial charge on any atom is -1.00 e. The van der Waals surface area contributed by atoms with Gasteiger partial charge in [0.1, 0.15) is 0 Å². The smallest absolute Gasteiger partial charge is 1.00 e. The summed E-state index contributed by atoms with van der Waals surface area (Å²) in [6, 6.07) is 21.2. The van der Waals surface area contributed by atoms with Crippen molar-refractivity contribution in [1.29, 1.82) is 0 Å². The number of aromatic carboxylic acids is 1. The fraction of sp³-hybridized carbons (Fsp3) is 0.537. The van der Waals surface area contributed by atoms with Crippen LogP contribution in [-0.2, 0) is 23.7 Å². The van der Waals surface area contributed by atoms with Crippen LogP contribution in [0.15, 0.2) is 66.7 Å². The van der Waals surface area contributed by atoms with Crippen molar-refractivity contribution in [2.75, 3.05) is 66.1 Å². The number of carbonyl (C=O) groups excluding carboxylic acids is 1. The van der Waals surface area contributed by atoms with E-state index in [1.165, 1.54) is 64.2 Å². The number of ether oxygens (including phenoxy) is 5.